The molecule has 2 aromatic carbocycles. The maximum absolute atomic E-state index is 12.2. The molecule has 23 heavy (non-hydrogen) atoms. The Morgan fingerprint density at radius 3 is 2.52 bits per heavy atom. The molecule has 0 saturated heterocycles. The number of aromatic nitrogens is 2. The van der Waals surface area contributed by atoms with Crippen LogP contribution in [0, 0.1) is 3.57 Å². The summed E-state index contributed by atoms with van der Waals surface area (Å²) in [7, 11) is 0. The van der Waals surface area contributed by atoms with Crippen molar-refractivity contribution in [3.05, 3.63) is 87.5 Å². The van der Waals surface area contributed by atoms with Crippen molar-refractivity contribution in [2.24, 2.45) is 0 Å². The van der Waals surface area contributed by atoms with E-state index in [2.05, 4.69) is 39.0 Å². The van der Waals surface area contributed by atoms with Crippen LogP contribution in [0.4, 0.5) is 0 Å². The zero-order valence-corrected chi connectivity index (χ0v) is 14.6. The van der Waals surface area contributed by atoms with Crippen molar-refractivity contribution >= 4 is 28.5 Å². The lowest BCUT2D eigenvalue weighted by Gasteiger charge is -2.11. The summed E-state index contributed by atoms with van der Waals surface area (Å²) in [5.41, 5.74) is 2.96. The fourth-order valence-corrected chi connectivity index (χ4v) is 2.70. The number of hydrogen-bond acceptors (Lipinski definition) is 2. The summed E-state index contributed by atoms with van der Waals surface area (Å²) in [6.07, 6.45) is 5.49. The van der Waals surface area contributed by atoms with Gasteiger partial charge >= 0.3 is 0 Å². The highest BCUT2D eigenvalue weighted by Crippen LogP contribution is 2.11. The van der Waals surface area contributed by atoms with E-state index < -0.39 is 0 Å². The van der Waals surface area contributed by atoms with Crippen LogP contribution in [-0.2, 0) is 13.1 Å². The van der Waals surface area contributed by atoms with Crippen LogP contribution in [0.25, 0.3) is 0 Å². The van der Waals surface area contributed by atoms with Crippen molar-refractivity contribution in [2.75, 3.05) is 0 Å². The number of imidazole rings is 1. The molecule has 3 rings (SSSR count). The first-order chi connectivity index (χ1) is 11.2. The highest BCUT2D eigenvalue weighted by Gasteiger charge is 2.07. The molecule has 0 radical (unpaired) electrons. The third kappa shape index (κ3) is 4.19. The average molecular weight is 417 g/mol. The third-order valence-electron chi connectivity index (χ3n) is 3.58. The molecule has 4 nitrogen and oxygen atoms in total. The summed E-state index contributed by atoms with van der Waals surface area (Å²) in [5.74, 6) is -0.0566. The molecular formula is C18H16IN3O. The first-order valence-electron chi connectivity index (χ1n) is 7.28. The molecule has 5 heteroatoms. The van der Waals surface area contributed by atoms with Gasteiger partial charge in [-0.3, -0.25) is 4.79 Å². The van der Waals surface area contributed by atoms with Crippen LogP contribution in [0.1, 0.15) is 21.5 Å². The predicted molar refractivity (Wildman–Crippen MR) is 98.1 cm³/mol. The molecule has 0 aliphatic rings. The van der Waals surface area contributed by atoms with Gasteiger partial charge < -0.3 is 9.88 Å². The summed E-state index contributed by atoms with van der Waals surface area (Å²) >= 11 is 2.23. The molecule has 0 fully saturated rings. The lowest BCUT2D eigenvalue weighted by Crippen LogP contribution is -2.23. The Balaban J connectivity index is 1.68. The first kappa shape index (κ1) is 15.7. The molecule has 0 atom stereocenters. The van der Waals surface area contributed by atoms with E-state index in [1.54, 1.807) is 12.5 Å². The molecule has 116 valence electrons. The molecular weight excluding hydrogens is 401 g/mol. The number of carbonyl (C=O) groups is 1. The number of benzene rings is 2. The Morgan fingerprint density at radius 2 is 1.83 bits per heavy atom. The van der Waals surface area contributed by atoms with Crippen molar-refractivity contribution in [3.63, 3.8) is 0 Å². The van der Waals surface area contributed by atoms with E-state index in [9.17, 15) is 4.79 Å². The molecule has 0 aliphatic heterocycles. The van der Waals surface area contributed by atoms with Crippen LogP contribution in [-0.4, -0.2) is 15.5 Å². The molecule has 1 aromatic heterocycles. The van der Waals surface area contributed by atoms with E-state index in [4.69, 9.17) is 0 Å². The van der Waals surface area contributed by atoms with Crippen molar-refractivity contribution < 1.29 is 4.79 Å². The minimum absolute atomic E-state index is 0.0566. The number of halogens is 1. The van der Waals surface area contributed by atoms with Gasteiger partial charge in [-0.1, -0.05) is 24.3 Å². The molecule has 1 amide bonds. The van der Waals surface area contributed by atoms with Gasteiger partial charge in [-0.25, -0.2) is 4.98 Å². The largest absolute Gasteiger partial charge is 0.348 e. The molecule has 1 N–H and O–H groups in total. The Labute approximate surface area is 148 Å². The van der Waals surface area contributed by atoms with Crippen LogP contribution >= 0.6 is 22.6 Å². The number of nitrogens with zero attached hydrogens (tertiary/aromatic N) is 2. The van der Waals surface area contributed by atoms with Crippen LogP contribution in [0.5, 0.6) is 0 Å². The summed E-state index contributed by atoms with van der Waals surface area (Å²) in [4.78, 5) is 16.3. The first-order valence-corrected chi connectivity index (χ1v) is 8.36. The Morgan fingerprint density at radius 1 is 1.09 bits per heavy atom. The van der Waals surface area contributed by atoms with Crippen molar-refractivity contribution in [2.45, 2.75) is 13.1 Å². The van der Waals surface area contributed by atoms with Gasteiger partial charge in [0.25, 0.3) is 5.91 Å². The number of amides is 1. The fraction of sp³-hybridized carbons (Fsp3) is 0.111. The maximum Gasteiger partial charge on any atom is 0.251 e. The van der Waals surface area contributed by atoms with Gasteiger partial charge in [0.05, 0.1) is 6.33 Å². The van der Waals surface area contributed by atoms with Gasteiger partial charge in [-0.15, -0.1) is 0 Å². The summed E-state index contributed by atoms with van der Waals surface area (Å²) in [5, 5.41) is 2.99. The van der Waals surface area contributed by atoms with E-state index in [-0.39, 0.29) is 5.91 Å². The summed E-state index contributed by atoms with van der Waals surface area (Å²) < 4.78 is 3.13. The molecule has 0 bridgehead atoms. The second kappa shape index (κ2) is 7.41. The molecule has 1 heterocycles. The van der Waals surface area contributed by atoms with Gasteiger partial charge in [-0.05, 0) is 58.0 Å². The standard InChI is InChI=1S/C18H16IN3O/c19-17-7-5-14(6-8-17)18(23)21-11-15-3-1-2-4-16(15)12-22-10-9-20-13-22/h1-10,13H,11-12H2,(H,21,23). The maximum atomic E-state index is 12.2. The molecule has 0 unspecified atom stereocenters. The van der Waals surface area contributed by atoms with Crippen molar-refractivity contribution in [1.29, 1.82) is 0 Å². The smallest absolute Gasteiger partial charge is 0.251 e. The van der Waals surface area contributed by atoms with E-state index in [1.807, 2.05) is 53.2 Å². The lowest BCUT2D eigenvalue weighted by atomic mass is 10.1. The zero-order valence-electron chi connectivity index (χ0n) is 12.4. The van der Waals surface area contributed by atoms with E-state index in [1.165, 1.54) is 5.56 Å². The molecule has 0 saturated carbocycles. The predicted octanol–water partition coefficient (Wildman–Crippen LogP) is 3.47. The SMILES string of the molecule is O=C(NCc1ccccc1Cn1ccnc1)c1ccc(I)cc1. The Bertz CT molecular complexity index is 782. The minimum Gasteiger partial charge on any atom is -0.348 e. The summed E-state index contributed by atoms with van der Waals surface area (Å²) in [6.45, 7) is 1.26. The summed E-state index contributed by atoms with van der Waals surface area (Å²) in [6, 6.07) is 15.7. The fourth-order valence-electron chi connectivity index (χ4n) is 2.34. The average Bonchev–Trinajstić information content (AvgIpc) is 3.07. The van der Waals surface area contributed by atoms with Crippen LogP contribution < -0.4 is 5.32 Å². The highest BCUT2D eigenvalue weighted by atomic mass is 127. The van der Waals surface area contributed by atoms with Crippen LogP contribution in [0.2, 0.25) is 0 Å². The van der Waals surface area contributed by atoms with Crippen molar-refractivity contribution in [1.82, 2.24) is 14.9 Å². The number of nitrogens with one attached hydrogen (secondary N) is 1. The van der Waals surface area contributed by atoms with Crippen LogP contribution in [0.3, 0.4) is 0 Å². The highest BCUT2D eigenvalue weighted by molar-refractivity contribution is 14.1. The van der Waals surface area contributed by atoms with Gasteiger partial charge in [-0.2, -0.15) is 0 Å². The van der Waals surface area contributed by atoms with Gasteiger partial charge in [0.2, 0.25) is 0 Å². The van der Waals surface area contributed by atoms with E-state index in [0.29, 0.717) is 12.1 Å². The normalized spacial score (nSPS) is 10.5. The van der Waals surface area contributed by atoms with E-state index in [0.717, 1.165) is 15.7 Å². The second-order valence-corrected chi connectivity index (χ2v) is 6.44. The number of carbonyl (C=O) groups excluding carboxylic acids is 1. The molecule has 0 aliphatic carbocycles. The zero-order chi connectivity index (χ0) is 16.1. The quantitative estimate of drug-likeness (QED) is 0.647. The van der Waals surface area contributed by atoms with Crippen molar-refractivity contribution in [3.8, 4) is 0 Å². The van der Waals surface area contributed by atoms with E-state index >= 15 is 0 Å². The number of hydrogen-bond donors (Lipinski definition) is 1. The topological polar surface area (TPSA) is 46.9 Å². The lowest BCUT2D eigenvalue weighted by molar-refractivity contribution is 0.0951. The van der Waals surface area contributed by atoms with Crippen LogP contribution in [0.15, 0.2) is 67.3 Å². The second-order valence-electron chi connectivity index (χ2n) is 5.19. The molecule has 3 aromatic rings. The van der Waals surface area contributed by atoms with Gasteiger partial charge in [0.15, 0.2) is 0 Å². The number of rotatable bonds is 5. The minimum atomic E-state index is -0.0566. The Kier molecular flexibility index (Phi) is 5.07. The third-order valence-corrected chi connectivity index (χ3v) is 4.30. The molecule has 0 spiro atoms. The Hall–Kier alpha value is -2.15. The van der Waals surface area contributed by atoms with Gasteiger partial charge in [0.1, 0.15) is 0 Å². The van der Waals surface area contributed by atoms with Gasteiger partial charge in [0, 0.05) is 34.6 Å². The monoisotopic (exact) mass is 417 g/mol.